The van der Waals surface area contributed by atoms with Gasteiger partial charge in [0.25, 0.3) is 0 Å². The zero-order valence-corrected chi connectivity index (χ0v) is 42.4. The van der Waals surface area contributed by atoms with Gasteiger partial charge >= 0.3 is 12.2 Å². The Hall–Kier alpha value is -0.360. The van der Waals surface area contributed by atoms with Gasteiger partial charge in [0.15, 0.2) is 11.9 Å². The largest absolute Gasteiger partial charge is 1.00 e. The summed E-state index contributed by atoms with van der Waals surface area (Å²) >= 11 is 34.7. The maximum absolute atomic E-state index is 12.8. The highest BCUT2D eigenvalue weighted by molar-refractivity contribution is 6.68. The summed E-state index contributed by atoms with van der Waals surface area (Å²) < 4.78 is 9.76. The molecule has 0 bridgehead atoms. The van der Waals surface area contributed by atoms with E-state index < -0.39 is 32.0 Å². The number of carbonyl (C=O) groups excluding carboxylic acids is 2. The van der Waals surface area contributed by atoms with Gasteiger partial charge < -0.3 is 32.1 Å². The summed E-state index contributed by atoms with van der Waals surface area (Å²) in [5.74, 6) is 0. The van der Waals surface area contributed by atoms with Crippen molar-refractivity contribution in [3.63, 3.8) is 0 Å². The fraction of sp³-hybridized carbons (Fsp3) is 0.848. The Labute approximate surface area is 408 Å². The number of carbonyl (C=O) groups is 2. The average molecular weight is 1010 g/mol. The molecule has 0 aliphatic carbocycles. The molecule has 2 saturated heterocycles. The summed E-state index contributed by atoms with van der Waals surface area (Å²) in [6.45, 7) is 4.24. The lowest BCUT2D eigenvalue weighted by Crippen LogP contribution is -3.00. The average Bonchev–Trinajstić information content (AvgIpc) is 3.68. The number of ether oxygens (including phenoxy) is 2. The molecule has 0 unspecified atom stereocenters. The zero-order chi connectivity index (χ0) is 44.4. The van der Waals surface area contributed by atoms with E-state index in [1.54, 1.807) is 21.1 Å². The Balaban J connectivity index is 0.0000102. The van der Waals surface area contributed by atoms with Crippen LogP contribution < -0.4 is 17.0 Å². The van der Waals surface area contributed by atoms with Crippen LogP contribution in [0.25, 0.3) is 0 Å². The van der Waals surface area contributed by atoms with E-state index in [0.717, 1.165) is 64.3 Å². The van der Waals surface area contributed by atoms with Crippen molar-refractivity contribution in [1.82, 2.24) is 9.80 Å². The number of hydrogen-bond acceptors (Lipinski definition) is 6. The Bertz CT molecular complexity index is 1470. The molecule has 16 heteroatoms. The van der Waals surface area contributed by atoms with Crippen LogP contribution in [0.3, 0.4) is 0 Å². The molecule has 3 aliphatic rings. The highest BCUT2D eigenvalue weighted by Gasteiger charge is 2.40. The molecule has 4 rings (SSSR count). The van der Waals surface area contributed by atoms with Crippen LogP contribution in [-0.2, 0) is 35.3 Å². The molecule has 4 heterocycles. The molecule has 6 atom stereocenters. The van der Waals surface area contributed by atoms with Gasteiger partial charge in [-0.1, -0.05) is 159 Å². The first-order valence-corrected chi connectivity index (χ1v) is 25.7. The number of likely N-dealkylation sites (tertiary alicyclic amines) is 2. The summed E-state index contributed by atoms with van der Waals surface area (Å²) in [5, 5.41) is 20.8. The van der Waals surface area contributed by atoms with Crippen molar-refractivity contribution in [2.45, 2.75) is 231 Å². The first-order chi connectivity index (χ1) is 29.0. The summed E-state index contributed by atoms with van der Waals surface area (Å²) in [4.78, 5) is 29.0. The molecule has 0 radical (unpaired) electrons. The lowest BCUT2D eigenvalue weighted by molar-refractivity contribution is -0.691. The minimum Gasteiger partial charge on any atom is -1.00 e. The van der Waals surface area contributed by atoms with E-state index >= 15 is 0 Å². The van der Waals surface area contributed by atoms with Crippen molar-refractivity contribution >= 4 is 81.8 Å². The summed E-state index contributed by atoms with van der Waals surface area (Å²) in [5.41, 5.74) is 4.63. The van der Waals surface area contributed by atoms with E-state index in [0.29, 0.717) is 12.8 Å². The minimum absolute atomic E-state index is 0. The van der Waals surface area contributed by atoms with Gasteiger partial charge in [-0.3, -0.25) is 9.80 Å². The van der Waals surface area contributed by atoms with Crippen LogP contribution >= 0.6 is 69.6 Å². The quantitative estimate of drug-likeness (QED) is 0.0608. The standard InChI is InChI=1S/C46H74Cl6N3O6.ClH/c1-34-41(56)27-25-38(54(34)43(58)60-32-45(47,48)49)22-17-13-9-5-3-7-11-15-20-36-30-37(40-24-19-29-53(40)31-36)21-16-12-8-4-6-10-14-18-23-39-26-28-42(57)35(2)55(39)44(59)61-33-46(50,51)52;/h30-31,34-35,38-39,41-42,56-57H,3-29,32-33H2,1-2H3;1H/q+1;/p-1/t34-,35-,38+,39+,41-,42-;/m0./s1. The monoisotopic (exact) mass is 1010 g/mol. The van der Waals surface area contributed by atoms with Crippen LogP contribution in [-0.4, -0.2) is 89.4 Å². The molecule has 0 aromatic carbocycles. The fourth-order valence-corrected chi connectivity index (χ4v) is 10.1. The third-order valence-corrected chi connectivity index (χ3v) is 13.9. The maximum Gasteiger partial charge on any atom is 0.410 e. The van der Waals surface area contributed by atoms with Gasteiger partial charge in [-0.05, 0) is 84.1 Å². The van der Waals surface area contributed by atoms with E-state index in [9.17, 15) is 19.8 Å². The second kappa shape index (κ2) is 28.7. The Morgan fingerprint density at radius 1 is 0.645 bits per heavy atom. The number of hydrogen-bond donors (Lipinski definition) is 2. The Kier molecular flexibility index (Phi) is 25.9. The predicted molar refractivity (Wildman–Crippen MR) is 249 cm³/mol. The fourth-order valence-electron chi connectivity index (χ4n) is 9.76. The molecule has 9 nitrogen and oxygen atoms in total. The molecule has 0 spiro atoms. The maximum atomic E-state index is 12.8. The van der Waals surface area contributed by atoms with Crippen molar-refractivity contribution in [2.75, 3.05) is 13.2 Å². The lowest BCUT2D eigenvalue weighted by Gasteiger charge is -2.42. The number of piperidine rings is 2. The van der Waals surface area contributed by atoms with Crippen LogP contribution in [0.2, 0.25) is 0 Å². The van der Waals surface area contributed by atoms with Crippen LogP contribution in [0.4, 0.5) is 9.59 Å². The van der Waals surface area contributed by atoms with Gasteiger partial charge in [0, 0.05) is 36.1 Å². The molecule has 3 aliphatic heterocycles. The Morgan fingerprint density at radius 2 is 1.05 bits per heavy atom. The number of nitrogens with zero attached hydrogens (tertiary/aromatic N) is 3. The van der Waals surface area contributed by atoms with Crippen molar-refractivity contribution in [2.24, 2.45) is 0 Å². The number of aromatic nitrogens is 1. The van der Waals surface area contributed by atoms with E-state index in [-0.39, 0.29) is 49.8 Å². The smallest absolute Gasteiger partial charge is 0.410 e. The topological polar surface area (TPSA) is 103 Å². The zero-order valence-electron chi connectivity index (χ0n) is 37.1. The SMILES string of the molecule is C[C@H]1[C@@H](O)CC[C@@H](CCCCCCCCCCc2cc(CCCCCCCCCC[C@@H]3CC[C@H](O)[C@H](C)N3C(=O)OCC(Cl)(Cl)Cl)c3[n+](c2)CCC3)N1C(=O)OCC(Cl)(Cl)Cl.[Cl-]. The number of aryl methyl sites for hydroxylation is 3. The molecular formula is C46H74Cl7N3O6. The lowest BCUT2D eigenvalue weighted by atomic mass is 9.91. The summed E-state index contributed by atoms with van der Waals surface area (Å²) in [6.07, 6.45) is 29.0. The number of pyridine rings is 1. The normalized spacial score (nSPS) is 22.9. The van der Waals surface area contributed by atoms with Crippen molar-refractivity contribution in [3.05, 3.63) is 29.1 Å². The molecule has 2 fully saturated rings. The van der Waals surface area contributed by atoms with E-state index in [2.05, 4.69) is 16.8 Å². The molecule has 2 N–H and O–H groups in total. The van der Waals surface area contributed by atoms with Crippen LogP contribution in [0.1, 0.15) is 178 Å². The number of alkyl halides is 6. The summed E-state index contributed by atoms with van der Waals surface area (Å²) in [6, 6.07) is 1.93. The molecule has 0 saturated carbocycles. The highest BCUT2D eigenvalue weighted by Crippen LogP contribution is 2.32. The summed E-state index contributed by atoms with van der Waals surface area (Å²) in [7, 11) is 0. The second-order valence-electron chi connectivity index (χ2n) is 18.1. The van der Waals surface area contributed by atoms with Gasteiger partial charge in [0.2, 0.25) is 7.59 Å². The van der Waals surface area contributed by atoms with Crippen LogP contribution in [0.5, 0.6) is 0 Å². The number of aliphatic hydroxyl groups is 2. The van der Waals surface area contributed by atoms with Gasteiger partial charge in [-0.15, -0.1) is 0 Å². The number of fused-ring (bicyclic) bond motifs is 1. The van der Waals surface area contributed by atoms with Gasteiger partial charge in [0.1, 0.15) is 19.8 Å². The minimum atomic E-state index is -1.66. The molecular weight excluding hydrogens is 939 g/mol. The van der Waals surface area contributed by atoms with Gasteiger partial charge in [-0.2, -0.15) is 0 Å². The van der Waals surface area contributed by atoms with Crippen molar-refractivity contribution < 1.29 is 46.2 Å². The number of rotatable bonds is 24. The molecule has 62 heavy (non-hydrogen) atoms. The number of halogens is 7. The van der Waals surface area contributed by atoms with E-state index in [1.807, 2.05) is 13.8 Å². The van der Waals surface area contributed by atoms with Crippen molar-refractivity contribution in [1.29, 1.82) is 0 Å². The van der Waals surface area contributed by atoms with Gasteiger partial charge in [-0.25, -0.2) is 14.2 Å². The van der Waals surface area contributed by atoms with Gasteiger partial charge in [0.05, 0.1) is 24.3 Å². The van der Waals surface area contributed by atoms with Crippen LogP contribution in [0, 0.1) is 0 Å². The van der Waals surface area contributed by atoms with E-state index in [4.69, 9.17) is 79.1 Å². The Morgan fingerprint density at radius 3 is 1.48 bits per heavy atom. The third-order valence-electron chi connectivity index (χ3n) is 13.2. The van der Waals surface area contributed by atoms with Crippen LogP contribution in [0.15, 0.2) is 12.3 Å². The first-order valence-electron chi connectivity index (χ1n) is 23.5. The van der Waals surface area contributed by atoms with Crippen molar-refractivity contribution in [3.8, 4) is 0 Å². The number of aliphatic hydroxyl groups excluding tert-OH is 2. The predicted octanol–water partition coefficient (Wildman–Crippen LogP) is 9.47. The molecule has 358 valence electrons. The number of unbranched alkanes of at least 4 members (excludes halogenated alkanes) is 14. The first kappa shape index (κ1) is 56.0. The molecule has 1 aromatic rings. The molecule has 1 aromatic heterocycles. The third kappa shape index (κ3) is 19.9. The van der Waals surface area contributed by atoms with E-state index in [1.165, 1.54) is 102 Å². The number of amides is 2. The molecule has 2 amide bonds. The second-order valence-corrected chi connectivity index (χ2v) is 23.1. The highest BCUT2D eigenvalue weighted by atomic mass is 35.6.